The zero-order valence-electron chi connectivity index (χ0n) is 12.2. The highest BCUT2D eigenvalue weighted by atomic mass is 16.5. The number of methoxy groups -OCH3 is 1. The van der Waals surface area contributed by atoms with Gasteiger partial charge in [0.05, 0.1) is 29.9 Å². The SMILES string of the molecule is COCCOCCCNC(=O)c1cnc2onc(C)c2c1. The number of aromatic nitrogens is 2. The predicted molar refractivity (Wildman–Crippen MR) is 76.2 cm³/mol. The quantitative estimate of drug-likeness (QED) is 0.739. The number of nitrogens with zero attached hydrogens (tertiary/aromatic N) is 2. The van der Waals surface area contributed by atoms with E-state index < -0.39 is 0 Å². The monoisotopic (exact) mass is 293 g/mol. The first-order valence-corrected chi connectivity index (χ1v) is 6.79. The van der Waals surface area contributed by atoms with Crippen molar-refractivity contribution in [3.05, 3.63) is 23.5 Å². The number of pyridine rings is 1. The minimum atomic E-state index is -0.165. The van der Waals surface area contributed by atoms with E-state index in [9.17, 15) is 4.79 Å². The lowest BCUT2D eigenvalue weighted by molar-refractivity contribution is 0.0688. The molecule has 7 nitrogen and oxygen atoms in total. The largest absolute Gasteiger partial charge is 0.382 e. The topological polar surface area (TPSA) is 86.5 Å². The fourth-order valence-corrected chi connectivity index (χ4v) is 1.79. The highest BCUT2D eigenvalue weighted by Crippen LogP contribution is 2.16. The summed E-state index contributed by atoms with van der Waals surface area (Å²) in [5.41, 5.74) is 1.66. The van der Waals surface area contributed by atoms with Crippen LogP contribution in [-0.2, 0) is 9.47 Å². The number of nitrogens with one attached hydrogen (secondary N) is 1. The molecular weight excluding hydrogens is 274 g/mol. The number of carbonyl (C=O) groups excluding carboxylic acids is 1. The van der Waals surface area contributed by atoms with Gasteiger partial charge in [-0.05, 0) is 19.4 Å². The van der Waals surface area contributed by atoms with Gasteiger partial charge in [0.15, 0.2) is 0 Å². The zero-order chi connectivity index (χ0) is 15.1. The molecule has 0 unspecified atom stereocenters. The molecule has 0 aliphatic heterocycles. The number of aryl methyl sites for hydroxylation is 1. The van der Waals surface area contributed by atoms with Crippen molar-refractivity contribution in [2.24, 2.45) is 0 Å². The Hall–Kier alpha value is -1.99. The lowest BCUT2D eigenvalue weighted by Gasteiger charge is -2.06. The molecule has 0 fully saturated rings. The van der Waals surface area contributed by atoms with Crippen LogP contribution in [0.3, 0.4) is 0 Å². The molecule has 0 bridgehead atoms. The van der Waals surface area contributed by atoms with E-state index >= 15 is 0 Å². The molecule has 114 valence electrons. The van der Waals surface area contributed by atoms with Crippen molar-refractivity contribution in [3.63, 3.8) is 0 Å². The fraction of sp³-hybridized carbons (Fsp3) is 0.500. The predicted octanol–water partition coefficient (Wildman–Crippen LogP) is 1.31. The Bertz CT molecular complexity index is 597. The summed E-state index contributed by atoms with van der Waals surface area (Å²) in [6.07, 6.45) is 2.23. The molecule has 2 heterocycles. The van der Waals surface area contributed by atoms with Crippen LogP contribution in [0.15, 0.2) is 16.8 Å². The maximum atomic E-state index is 12.0. The molecule has 0 saturated heterocycles. The molecule has 2 aromatic rings. The fourth-order valence-electron chi connectivity index (χ4n) is 1.79. The van der Waals surface area contributed by atoms with E-state index in [1.807, 2.05) is 6.92 Å². The molecule has 2 aromatic heterocycles. The Morgan fingerprint density at radius 3 is 3.05 bits per heavy atom. The van der Waals surface area contributed by atoms with Gasteiger partial charge in [-0.3, -0.25) is 4.79 Å². The smallest absolute Gasteiger partial charge is 0.257 e. The second kappa shape index (κ2) is 7.70. The number of rotatable bonds is 8. The normalized spacial score (nSPS) is 11.0. The van der Waals surface area contributed by atoms with Crippen LogP contribution in [0, 0.1) is 6.92 Å². The van der Waals surface area contributed by atoms with E-state index in [2.05, 4.69) is 15.5 Å². The van der Waals surface area contributed by atoms with Gasteiger partial charge in [-0.25, -0.2) is 4.98 Å². The lowest BCUT2D eigenvalue weighted by atomic mass is 10.2. The van der Waals surface area contributed by atoms with Crippen molar-refractivity contribution < 1.29 is 18.8 Å². The van der Waals surface area contributed by atoms with Crippen LogP contribution in [0.5, 0.6) is 0 Å². The van der Waals surface area contributed by atoms with Crippen molar-refractivity contribution in [1.82, 2.24) is 15.5 Å². The first-order valence-electron chi connectivity index (χ1n) is 6.79. The van der Waals surface area contributed by atoms with Crippen LogP contribution in [-0.4, -0.2) is 49.5 Å². The molecule has 0 atom stereocenters. The third kappa shape index (κ3) is 4.24. The third-order valence-corrected chi connectivity index (χ3v) is 2.95. The van der Waals surface area contributed by atoms with Crippen molar-refractivity contribution in [1.29, 1.82) is 0 Å². The van der Waals surface area contributed by atoms with Gasteiger partial charge in [-0.2, -0.15) is 0 Å². The highest BCUT2D eigenvalue weighted by Gasteiger charge is 2.10. The summed E-state index contributed by atoms with van der Waals surface area (Å²) in [4.78, 5) is 16.1. The third-order valence-electron chi connectivity index (χ3n) is 2.95. The van der Waals surface area contributed by atoms with Crippen molar-refractivity contribution in [2.45, 2.75) is 13.3 Å². The number of ether oxygens (including phenoxy) is 2. The summed E-state index contributed by atoms with van der Waals surface area (Å²) in [5, 5.41) is 7.39. The van der Waals surface area contributed by atoms with Gasteiger partial charge < -0.3 is 19.3 Å². The number of hydrogen-bond donors (Lipinski definition) is 1. The van der Waals surface area contributed by atoms with E-state index in [1.54, 1.807) is 13.2 Å². The van der Waals surface area contributed by atoms with Gasteiger partial charge in [-0.1, -0.05) is 5.16 Å². The van der Waals surface area contributed by atoms with Crippen LogP contribution in [0.4, 0.5) is 0 Å². The standard InChI is InChI=1S/C14H19N3O4/c1-10-12-8-11(9-16-14(12)21-17-10)13(18)15-4-3-5-20-7-6-19-2/h8-9H,3-7H2,1-2H3,(H,15,18). The summed E-state index contributed by atoms with van der Waals surface area (Å²) < 4.78 is 15.2. The minimum absolute atomic E-state index is 0.165. The van der Waals surface area contributed by atoms with Crippen molar-refractivity contribution >= 4 is 17.0 Å². The molecule has 2 rings (SSSR count). The number of hydrogen-bond acceptors (Lipinski definition) is 6. The molecule has 7 heteroatoms. The number of amides is 1. The molecule has 1 amide bonds. The molecule has 0 saturated carbocycles. The Morgan fingerprint density at radius 1 is 1.38 bits per heavy atom. The van der Waals surface area contributed by atoms with Gasteiger partial charge in [-0.15, -0.1) is 0 Å². The first-order chi connectivity index (χ1) is 10.2. The van der Waals surface area contributed by atoms with Gasteiger partial charge in [0.25, 0.3) is 11.6 Å². The van der Waals surface area contributed by atoms with Crippen LogP contribution < -0.4 is 5.32 Å². The van der Waals surface area contributed by atoms with Crippen molar-refractivity contribution in [2.75, 3.05) is 33.5 Å². The Labute approximate surface area is 122 Å². The lowest BCUT2D eigenvalue weighted by Crippen LogP contribution is -2.25. The summed E-state index contributed by atoms with van der Waals surface area (Å²) in [6.45, 7) is 4.10. The van der Waals surface area contributed by atoms with Crippen LogP contribution >= 0.6 is 0 Å². The average Bonchev–Trinajstić information content (AvgIpc) is 2.87. The zero-order valence-corrected chi connectivity index (χ0v) is 12.2. The van der Waals surface area contributed by atoms with Crippen LogP contribution in [0.25, 0.3) is 11.1 Å². The Morgan fingerprint density at radius 2 is 2.24 bits per heavy atom. The van der Waals surface area contributed by atoms with Crippen LogP contribution in [0.1, 0.15) is 22.5 Å². The molecule has 1 N–H and O–H groups in total. The molecule has 0 aromatic carbocycles. The van der Waals surface area contributed by atoms with E-state index in [-0.39, 0.29) is 5.91 Å². The highest BCUT2D eigenvalue weighted by molar-refractivity contribution is 5.96. The summed E-state index contributed by atoms with van der Waals surface area (Å²) >= 11 is 0. The molecular formula is C14H19N3O4. The second-order valence-corrected chi connectivity index (χ2v) is 4.56. The first kappa shape index (κ1) is 15.4. The Kier molecular flexibility index (Phi) is 5.65. The molecule has 0 spiro atoms. The molecule has 0 radical (unpaired) electrons. The van der Waals surface area contributed by atoms with Crippen LogP contribution in [0.2, 0.25) is 0 Å². The van der Waals surface area contributed by atoms with Gasteiger partial charge in [0.2, 0.25) is 0 Å². The van der Waals surface area contributed by atoms with E-state index in [0.29, 0.717) is 37.6 Å². The Balaban J connectivity index is 1.78. The molecule has 0 aliphatic rings. The average molecular weight is 293 g/mol. The molecule has 0 aliphatic carbocycles. The van der Waals surface area contributed by atoms with Crippen molar-refractivity contribution in [3.8, 4) is 0 Å². The number of carbonyl (C=O) groups is 1. The maximum absolute atomic E-state index is 12.0. The maximum Gasteiger partial charge on any atom is 0.257 e. The van der Waals surface area contributed by atoms with Gasteiger partial charge >= 0.3 is 0 Å². The second-order valence-electron chi connectivity index (χ2n) is 4.56. The number of fused-ring (bicyclic) bond motifs is 1. The summed E-state index contributed by atoms with van der Waals surface area (Å²) in [6, 6.07) is 1.73. The minimum Gasteiger partial charge on any atom is -0.382 e. The summed E-state index contributed by atoms with van der Waals surface area (Å²) in [5.74, 6) is -0.165. The summed E-state index contributed by atoms with van der Waals surface area (Å²) in [7, 11) is 1.63. The van der Waals surface area contributed by atoms with E-state index in [0.717, 1.165) is 17.5 Å². The van der Waals surface area contributed by atoms with Gasteiger partial charge in [0, 0.05) is 26.5 Å². The van der Waals surface area contributed by atoms with Gasteiger partial charge in [0.1, 0.15) is 0 Å². The van der Waals surface area contributed by atoms with E-state index in [1.165, 1.54) is 6.20 Å². The van der Waals surface area contributed by atoms with E-state index in [4.69, 9.17) is 14.0 Å². The molecule has 21 heavy (non-hydrogen) atoms.